The van der Waals surface area contributed by atoms with Gasteiger partial charge in [-0.3, -0.25) is 4.79 Å². The molecule has 68 valence electrons. The van der Waals surface area contributed by atoms with Crippen molar-refractivity contribution in [3.05, 3.63) is 0 Å². The first-order valence-corrected chi connectivity index (χ1v) is 5.73. The molecule has 0 aromatic carbocycles. The van der Waals surface area contributed by atoms with Crippen LogP contribution < -0.4 is 0 Å². The molecule has 1 aliphatic carbocycles. The molecule has 2 fully saturated rings. The van der Waals surface area contributed by atoms with Crippen LogP contribution in [0.5, 0.6) is 0 Å². The zero-order valence-electron chi connectivity index (χ0n) is 7.03. The van der Waals surface area contributed by atoms with Gasteiger partial charge in [0.1, 0.15) is 5.78 Å². The fourth-order valence-electron chi connectivity index (χ4n) is 2.29. The molecule has 1 saturated carbocycles. The topological polar surface area (TPSA) is 37.3 Å². The second-order valence-corrected chi connectivity index (χ2v) is 4.78. The molecule has 12 heavy (non-hydrogen) atoms. The lowest BCUT2D eigenvalue weighted by Gasteiger charge is -2.19. The molecule has 0 aromatic rings. The van der Waals surface area contributed by atoms with Gasteiger partial charge in [0.15, 0.2) is 0 Å². The summed E-state index contributed by atoms with van der Waals surface area (Å²) in [6, 6.07) is 0. The summed E-state index contributed by atoms with van der Waals surface area (Å²) < 4.78 is 0. The van der Waals surface area contributed by atoms with Gasteiger partial charge in [0.05, 0.1) is 11.9 Å². The Kier molecular flexibility index (Phi) is 2.42. The molecule has 1 saturated heterocycles. The van der Waals surface area contributed by atoms with Crippen LogP contribution in [0.3, 0.4) is 0 Å². The van der Waals surface area contributed by atoms with E-state index in [-0.39, 0.29) is 17.9 Å². The minimum absolute atomic E-state index is 0.174. The lowest BCUT2D eigenvalue weighted by atomic mass is 9.88. The molecule has 0 spiro atoms. The zero-order chi connectivity index (χ0) is 8.55. The minimum Gasteiger partial charge on any atom is -0.393 e. The van der Waals surface area contributed by atoms with Crippen molar-refractivity contribution in [2.24, 2.45) is 11.8 Å². The fraction of sp³-hybridized carbons (Fsp3) is 0.889. The van der Waals surface area contributed by atoms with Gasteiger partial charge in [-0.05, 0) is 18.8 Å². The third-order valence-corrected chi connectivity index (χ3v) is 4.09. The number of rotatable bonds is 1. The molecule has 1 aliphatic heterocycles. The van der Waals surface area contributed by atoms with E-state index in [0.29, 0.717) is 11.5 Å². The Labute approximate surface area is 76.7 Å². The maximum Gasteiger partial charge on any atom is 0.147 e. The van der Waals surface area contributed by atoms with Crippen molar-refractivity contribution < 1.29 is 9.90 Å². The summed E-state index contributed by atoms with van der Waals surface area (Å²) in [7, 11) is 0. The van der Waals surface area contributed by atoms with Crippen molar-refractivity contribution in [1.82, 2.24) is 0 Å². The zero-order valence-corrected chi connectivity index (χ0v) is 7.85. The predicted molar refractivity (Wildman–Crippen MR) is 49.2 cm³/mol. The van der Waals surface area contributed by atoms with E-state index in [1.807, 2.05) is 0 Å². The third-order valence-electron chi connectivity index (χ3n) is 3.00. The number of hydrogen-bond donors (Lipinski definition) is 1. The van der Waals surface area contributed by atoms with Gasteiger partial charge in [-0.15, -0.1) is 0 Å². The van der Waals surface area contributed by atoms with Gasteiger partial charge in [0.25, 0.3) is 0 Å². The normalized spacial score (nSPS) is 42.4. The number of hydrogen-bond acceptors (Lipinski definition) is 3. The SMILES string of the molecule is O=C1CSCC1C1CCCC1O. The maximum atomic E-state index is 11.4. The highest BCUT2D eigenvalue weighted by molar-refractivity contribution is 8.00. The van der Waals surface area contributed by atoms with Crippen LogP contribution in [-0.4, -0.2) is 28.5 Å². The van der Waals surface area contributed by atoms with Crippen molar-refractivity contribution in [2.45, 2.75) is 25.4 Å². The van der Waals surface area contributed by atoms with Crippen LogP contribution in [0.2, 0.25) is 0 Å². The lowest BCUT2D eigenvalue weighted by Crippen LogP contribution is -2.27. The molecule has 0 aromatic heterocycles. The lowest BCUT2D eigenvalue weighted by molar-refractivity contribution is -0.121. The van der Waals surface area contributed by atoms with Gasteiger partial charge in [-0.1, -0.05) is 6.42 Å². The number of Topliss-reactive ketones (excluding diaryl/α,β-unsaturated/α-hetero) is 1. The number of carbonyl (C=O) groups excluding carboxylic acids is 1. The molecule has 1 N–H and O–H groups in total. The first kappa shape index (κ1) is 8.57. The molecule has 0 bridgehead atoms. The fourth-order valence-corrected chi connectivity index (χ4v) is 3.51. The van der Waals surface area contributed by atoms with E-state index in [1.165, 1.54) is 0 Å². The van der Waals surface area contributed by atoms with Gasteiger partial charge >= 0.3 is 0 Å². The molecule has 0 radical (unpaired) electrons. The average molecular weight is 186 g/mol. The molecule has 2 aliphatic rings. The Morgan fingerprint density at radius 3 is 2.75 bits per heavy atom. The number of carbonyl (C=O) groups is 1. The highest BCUT2D eigenvalue weighted by atomic mass is 32.2. The number of aliphatic hydroxyl groups is 1. The van der Waals surface area contributed by atoms with Crippen LogP contribution in [0.25, 0.3) is 0 Å². The number of thioether (sulfide) groups is 1. The summed E-state index contributed by atoms with van der Waals surface area (Å²) in [5.41, 5.74) is 0. The highest BCUT2D eigenvalue weighted by Gasteiger charge is 2.38. The molecular formula is C9H14O2S. The summed E-state index contributed by atoms with van der Waals surface area (Å²) >= 11 is 1.72. The summed E-state index contributed by atoms with van der Waals surface area (Å²) in [5.74, 6) is 2.44. The molecule has 3 unspecified atom stereocenters. The number of ketones is 1. The molecule has 3 heteroatoms. The standard InChI is InChI=1S/C9H14O2S/c10-8-3-1-2-6(8)7-4-12-5-9(7)11/h6-8,10H,1-5H2. The second kappa shape index (κ2) is 3.38. The van der Waals surface area contributed by atoms with Crippen LogP contribution in [-0.2, 0) is 4.79 Å². The first-order valence-electron chi connectivity index (χ1n) is 4.57. The van der Waals surface area contributed by atoms with Crippen molar-refractivity contribution in [3.63, 3.8) is 0 Å². The third kappa shape index (κ3) is 1.40. The Morgan fingerprint density at radius 2 is 2.25 bits per heavy atom. The van der Waals surface area contributed by atoms with Gasteiger partial charge in [0.2, 0.25) is 0 Å². The first-order chi connectivity index (χ1) is 5.79. The quantitative estimate of drug-likeness (QED) is 0.666. The van der Waals surface area contributed by atoms with E-state index in [9.17, 15) is 9.90 Å². The Bertz CT molecular complexity index is 193. The summed E-state index contributed by atoms with van der Waals surface area (Å²) in [5, 5.41) is 9.61. The largest absolute Gasteiger partial charge is 0.393 e. The summed E-state index contributed by atoms with van der Waals surface area (Å²) in [6.07, 6.45) is 2.86. The molecule has 3 atom stereocenters. The Morgan fingerprint density at radius 1 is 1.42 bits per heavy atom. The van der Waals surface area contributed by atoms with Crippen molar-refractivity contribution in [1.29, 1.82) is 0 Å². The van der Waals surface area contributed by atoms with Gasteiger partial charge in [0, 0.05) is 11.7 Å². The van der Waals surface area contributed by atoms with E-state index in [4.69, 9.17) is 0 Å². The molecular weight excluding hydrogens is 172 g/mol. The smallest absolute Gasteiger partial charge is 0.147 e. The van der Waals surface area contributed by atoms with Crippen LogP contribution in [0.1, 0.15) is 19.3 Å². The maximum absolute atomic E-state index is 11.4. The van der Waals surface area contributed by atoms with Crippen LogP contribution in [0.4, 0.5) is 0 Å². The summed E-state index contributed by atoms with van der Waals surface area (Å²) in [6.45, 7) is 0. The molecule has 2 nitrogen and oxygen atoms in total. The van der Waals surface area contributed by atoms with Crippen molar-refractivity contribution >= 4 is 17.5 Å². The van der Waals surface area contributed by atoms with Gasteiger partial charge in [-0.25, -0.2) is 0 Å². The molecule has 1 heterocycles. The molecule has 2 rings (SSSR count). The Hall–Kier alpha value is -0.0200. The van der Waals surface area contributed by atoms with E-state index in [0.717, 1.165) is 25.0 Å². The van der Waals surface area contributed by atoms with Crippen LogP contribution >= 0.6 is 11.8 Å². The average Bonchev–Trinajstić information content (AvgIpc) is 2.59. The monoisotopic (exact) mass is 186 g/mol. The van der Waals surface area contributed by atoms with E-state index >= 15 is 0 Å². The minimum atomic E-state index is -0.197. The van der Waals surface area contributed by atoms with Gasteiger partial charge < -0.3 is 5.11 Å². The van der Waals surface area contributed by atoms with Crippen molar-refractivity contribution in [3.8, 4) is 0 Å². The second-order valence-electron chi connectivity index (χ2n) is 3.75. The van der Waals surface area contributed by atoms with Gasteiger partial charge in [-0.2, -0.15) is 11.8 Å². The van der Waals surface area contributed by atoms with E-state index < -0.39 is 0 Å². The summed E-state index contributed by atoms with van der Waals surface area (Å²) in [4.78, 5) is 11.4. The Balaban J connectivity index is 2.03. The predicted octanol–water partition coefficient (Wildman–Crippen LogP) is 1.08. The van der Waals surface area contributed by atoms with Crippen LogP contribution in [0, 0.1) is 11.8 Å². The van der Waals surface area contributed by atoms with Crippen LogP contribution in [0.15, 0.2) is 0 Å². The number of aliphatic hydroxyl groups excluding tert-OH is 1. The highest BCUT2D eigenvalue weighted by Crippen LogP contribution is 2.37. The van der Waals surface area contributed by atoms with E-state index in [2.05, 4.69) is 0 Å². The van der Waals surface area contributed by atoms with E-state index in [1.54, 1.807) is 11.8 Å². The molecule has 0 amide bonds. The van der Waals surface area contributed by atoms with Crippen molar-refractivity contribution in [2.75, 3.05) is 11.5 Å².